The Balaban J connectivity index is 1.98. The molecule has 1 unspecified atom stereocenters. The molecule has 1 amide bonds. The Labute approximate surface area is 120 Å². The van der Waals surface area contributed by atoms with Crippen molar-refractivity contribution < 1.29 is 9.53 Å². The quantitative estimate of drug-likeness (QED) is 0.896. The van der Waals surface area contributed by atoms with Gasteiger partial charge in [-0.05, 0) is 31.4 Å². The highest BCUT2D eigenvalue weighted by atomic mass is 16.5. The van der Waals surface area contributed by atoms with E-state index in [-0.39, 0.29) is 12.0 Å². The molecule has 1 aromatic rings. The summed E-state index contributed by atoms with van der Waals surface area (Å²) in [6.45, 7) is 4.47. The van der Waals surface area contributed by atoms with E-state index in [4.69, 9.17) is 4.74 Å². The second kappa shape index (κ2) is 7.24. The topological polar surface area (TPSA) is 54.5 Å². The number of pyridine rings is 1. The van der Waals surface area contributed by atoms with Crippen molar-refractivity contribution in [1.82, 2.24) is 9.88 Å². The van der Waals surface area contributed by atoms with Crippen LogP contribution in [0, 0.1) is 0 Å². The first-order valence-electron chi connectivity index (χ1n) is 7.26. The Morgan fingerprint density at radius 3 is 3.05 bits per heavy atom. The first kappa shape index (κ1) is 14.8. The third-order valence-corrected chi connectivity index (χ3v) is 3.57. The molecule has 5 nitrogen and oxygen atoms in total. The van der Waals surface area contributed by atoms with Gasteiger partial charge in [-0.15, -0.1) is 0 Å². The molecule has 20 heavy (non-hydrogen) atoms. The van der Waals surface area contributed by atoms with Gasteiger partial charge in [-0.25, -0.2) is 4.98 Å². The maximum absolute atomic E-state index is 12.4. The Bertz CT molecular complexity index is 433. The average molecular weight is 277 g/mol. The number of hydrogen-bond donors (Lipinski definition) is 1. The summed E-state index contributed by atoms with van der Waals surface area (Å²) in [5.41, 5.74) is 0.642. The molecule has 0 bridgehead atoms. The summed E-state index contributed by atoms with van der Waals surface area (Å²) >= 11 is 0. The van der Waals surface area contributed by atoms with Crippen molar-refractivity contribution >= 4 is 11.7 Å². The number of hydrogen-bond acceptors (Lipinski definition) is 4. The van der Waals surface area contributed by atoms with Crippen molar-refractivity contribution in [3.8, 4) is 0 Å². The number of ether oxygens (including phenoxy) is 1. The molecule has 5 heteroatoms. The Hall–Kier alpha value is -1.62. The molecule has 1 aliphatic rings. The summed E-state index contributed by atoms with van der Waals surface area (Å²) in [6.07, 6.45) is 4.88. The number of carbonyl (C=O) groups is 1. The van der Waals surface area contributed by atoms with E-state index in [1.54, 1.807) is 13.3 Å². The van der Waals surface area contributed by atoms with Gasteiger partial charge >= 0.3 is 0 Å². The fourth-order valence-corrected chi connectivity index (χ4v) is 2.38. The Kier molecular flexibility index (Phi) is 5.35. The second-order valence-electron chi connectivity index (χ2n) is 5.11. The molecule has 1 fully saturated rings. The SMILES string of the molecule is CCCNc1ccc(C(=O)N2CCCC(OC)C2)cn1. The van der Waals surface area contributed by atoms with Gasteiger partial charge in [-0.2, -0.15) is 0 Å². The second-order valence-corrected chi connectivity index (χ2v) is 5.11. The zero-order valence-electron chi connectivity index (χ0n) is 12.3. The molecule has 1 N–H and O–H groups in total. The summed E-state index contributed by atoms with van der Waals surface area (Å²) in [7, 11) is 1.70. The van der Waals surface area contributed by atoms with Crippen molar-refractivity contribution in [1.29, 1.82) is 0 Å². The molecule has 110 valence electrons. The summed E-state index contributed by atoms with van der Waals surface area (Å²) in [5, 5.41) is 3.20. The summed E-state index contributed by atoms with van der Waals surface area (Å²) in [5.74, 6) is 0.859. The number of nitrogens with zero attached hydrogens (tertiary/aromatic N) is 2. The van der Waals surface area contributed by atoms with Crippen LogP contribution >= 0.6 is 0 Å². The van der Waals surface area contributed by atoms with Crippen molar-refractivity contribution in [2.45, 2.75) is 32.3 Å². The highest BCUT2D eigenvalue weighted by Crippen LogP contribution is 2.16. The minimum Gasteiger partial charge on any atom is -0.380 e. The predicted octanol–water partition coefficient (Wildman–Crippen LogP) is 2.15. The molecule has 1 saturated heterocycles. The lowest BCUT2D eigenvalue weighted by molar-refractivity contribution is 0.0268. The summed E-state index contributed by atoms with van der Waals surface area (Å²) < 4.78 is 5.35. The molecule has 0 spiro atoms. The third kappa shape index (κ3) is 3.70. The molecule has 1 atom stereocenters. The van der Waals surface area contributed by atoms with E-state index in [1.165, 1.54) is 0 Å². The third-order valence-electron chi connectivity index (χ3n) is 3.57. The fourth-order valence-electron chi connectivity index (χ4n) is 2.38. The van der Waals surface area contributed by atoms with Crippen LogP contribution < -0.4 is 5.32 Å². The van der Waals surface area contributed by atoms with E-state index in [9.17, 15) is 4.79 Å². The molecule has 0 saturated carbocycles. The molecule has 1 aliphatic heterocycles. The van der Waals surface area contributed by atoms with E-state index in [0.29, 0.717) is 12.1 Å². The zero-order valence-corrected chi connectivity index (χ0v) is 12.3. The minimum absolute atomic E-state index is 0.0429. The average Bonchev–Trinajstić information content (AvgIpc) is 2.52. The summed E-state index contributed by atoms with van der Waals surface area (Å²) in [6, 6.07) is 3.70. The highest BCUT2D eigenvalue weighted by Gasteiger charge is 2.24. The standard InChI is InChI=1S/C15H23N3O2/c1-3-8-16-14-7-6-12(10-17-14)15(19)18-9-4-5-13(11-18)20-2/h6-7,10,13H,3-5,8-9,11H2,1-2H3,(H,16,17). The van der Waals surface area contributed by atoms with Crippen LogP contribution in [0.3, 0.4) is 0 Å². The first-order chi connectivity index (χ1) is 9.74. The molecule has 2 rings (SSSR count). The lowest BCUT2D eigenvalue weighted by atomic mass is 10.1. The number of likely N-dealkylation sites (tertiary alicyclic amines) is 1. The van der Waals surface area contributed by atoms with E-state index in [2.05, 4.69) is 17.2 Å². The monoisotopic (exact) mass is 277 g/mol. The van der Waals surface area contributed by atoms with Gasteiger partial charge in [-0.3, -0.25) is 4.79 Å². The minimum atomic E-state index is 0.0429. The molecular weight excluding hydrogens is 254 g/mol. The maximum Gasteiger partial charge on any atom is 0.255 e. The number of amides is 1. The van der Waals surface area contributed by atoms with E-state index in [1.807, 2.05) is 17.0 Å². The molecular formula is C15H23N3O2. The van der Waals surface area contributed by atoms with Crippen LogP contribution in [0.15, 0.2) is 18.3 Å². The summed E-state index contributed by atoms with van der Waals surface area (Å²) in [4.78, 5) is 18.5. The van der Waals surface area contributed by atoms with Crippen LogP contribution in [-0.4, -0.2) is 48.6 Å². The van der Waals surface area contributed by atoms with E-state index in [0.717, 1.165) is 38.2 Å². The zero-order chi connectivity index (χ0) is 14.4. The number of anilines is 1. The van der Waals surface area contributed by atoms with Gasteiger partial charge in [0, 0.05) is 32.9 Å². The normalized spacial score (nSPS) is 18.9. The van der Waals surface area contributed by atoms with Crippen LogP contribution in [0.25, 0.3) is 0 Å². The van der Waals surface area contributed by atoms with E-state index >= 15 is 0 Å². The number of piperidine rings is 1. The number of rotatable bonds is 5. The van der Waals surface area contributed by atoms with Crippen LogP contribution in [-0.2, 0) is 4.74 Å². The van der Waals surface area contributed by atoms with Gasteiger partial charge in [0.2, 0.25) is 0 Å². The van der Waals surface area contributed by atoms with Gasteiger partial charge in [0.05, 0.1) is 11.7 Å². The van der Waals surface area contributed by atoms with Gasteiger partial charge < -0.3 is 15.0 Å². The largest absolute Gasteiger partial charge is 0.380 e. The van der Waals surface area contributed by atoms with Crippen molar-refractivity contribution in [2.24, 2.45) is 0 Å². The van der Waals surface area contributed by atoms with Gasteiger partial charge in [0.25, 0.3) is 5.91 Å². The lowest BCUT2D eigenvalue weighted by Crippen LogP contribution is -2.42. The Morgan fingerprint density at radius 1 is 1.55 bits per heavy atom. The highest BCUT2D eigenvalue weighted by molar-refractivity contribution is 5.94. The van der Waals surface area contributed by atoms with Crippen LogP contribution in [0.5, 0.6) is 0 Å². The van der Waals surface area contributed by atoms with Crippen molar-refractivity contribution in [3.63, 3.8) is 0 Å². The smallest absolute Gasteiger partial charge is 0.255 e. The first-order valence-corrected chi connectivity index (χ1v) is 7.26. The lowest BCUT2D eigenvalue weighted by Gasteiger charge is -2.31. The fraction of sp³-hybridized carbons (Fsp3) is 0.600. The maximum atomic E-state index is 12.4. The van der Waals surface area contributed by atoms with E-state index < -0.39 is 0 Å². The number of nitrogens with one attached hydrogen (secondary N) is 1. The molecule has 2 heterocycles. The predicted molar refractivity (Wildman–Crippen MR) is 79.0 cm³/mol. The molecule has 1 aromatic heterocycles. The van der Waals surface area contributed by atoms with Crippen LogP contribution in [0.1, 0.15) is 36.5 Å². The molecule has 0 aliphatic carbocycles. The number of methoxy groups -OCH3 is 1. The molecule has 0 aromatic carbocycles. The number of carbonyl (C=O) groups excluding carboxylic acids is 1. The van der Waals surface area contributed by atoms with Crippen LogP contribution in [0.4, 0.5) is 5.82 Å². The van der Waals surface area contributed by atoms with Crippen molar-refractivity contribution in [2.75, 3.05) is 32.1 Å². The van der Waals surface area contributed by atoms with Crippen molar-refractivity contribution in [3.05, 3.63) is 23.9 Å². The van der Waals surface area contributed by atoms with Crippen LogP contribution in [0.2, 0.25) is 0 Å². The van der Waals surface area contributed by atoms with Gasteiger partial charge in [0.15, 0.2) is 0 Å². The number of aromatic nitrogens is 1. The van der Waals surface area contributed by atoms with Gasteiger partial charge in [-0.1, -0.05) is 6.92 Å². The van der Waals surface area contributed by atoms with Gasteiger partial charge in [0.1, 0.15) is 5.82 Å². The molecule has 0 radical (unpaired) electrons. The Morgan fingerprint density at radius 2 is 2.40 bits per heavy atom.